The Kier molecular flexibility index (Phi) is 3.70. The average Bonchev–Trinajstić information content (AvgIpc) is 2.22. The molecule has 84 valence electrons. The second-order valence-electron chi connectivity index (χ2n) is 4.53. The molecule has 1 unspecified atom stereocenters. The zero-order chi connectivity index (χ0) is 11.5. The number of hydrogen-bond acceptors (Lipinski definition) is 3. The minimum absolute atomic E-state index is 0.159. The molecule has 0 saturated carbocycles. The predicted octanol–water partition coefficient (Wildman–Crippen LogP) is 0.876. The fraction of sp³-hybridized carbons (Fsp3) is 0.818. The van der Waals surface area contributed by atoms with E-state index in [0.717, 1.165) is 32.4 Å². The molecular formula is C11H19N3O. The van der Waals surface area contributed by atoms with Gasteiger partial charge in [-0.2, -0.15) is 5.26 Å². The SMILES string of the molecule is CCC(C(N)=O)N1CCC(C)(C#N)CC1. The maximum absolute atomic E-state index is 11.2. The Morgan fingerprint density at radius 1 is 1.60 bits per heavy atom. The molecule has 4 nitrogen and oxygen atoms in total. The molecule has 2 N–H and O–H groups in total. The van der Waals surface area contributed by atoms with Crippen LogP contribution in [-0.4, -0.2) is 29.9 Å². The topological polar surface area (TPSA) is 70.1 Å². The molecule has 1 rings (SSSR count). The van der Waals surface area contributed by atoms with E-state index < -0.39 is 0 Å². The van der Waals surface area contributed by atoms with Gasteiger partial charge in [-0.15, -0.1) is 0 Å². The molecule has 1 aliphatic rings. The molecule has 15 heavy (non-hydrogen) atoms. The molecule has 1 fully saturated rings. The van der Waals surface area contributed by atoms with Crippen molar-refractivity contribution in [2.45, 2.75) is 39.2 Å². The summed E-state index contributed by atoms with van der Waals surface area (Å²) < 4.78 is 0. The van der Waals surface area contributed by atoms with Gasteiger partial charge >= 0.3 is 0 Å². The van der Waals surface area contributed by atoms with E-state index in [9.17, 15) is 4.79 Å². The molecule has 0 aromatic carbocycles. The number of carbonyl (C=O) groups excluding carboxylic acids is 1. The Labute approximate surface area is 91.0 Å². The Morgan fingerprint density at radius 2 is 2.13 bits per heavy atom. The first-order valence-electron chi connectivity index (χ1n) is 5.47. The van der Waals surface area contributed by atoms with Crippen molar-refractivity contribution in [3.63, 3.8) is 0 Å². The standard InChI is InChI=1S/C11H19N3O/c1-3-9(10(13)15)14-6-4-11(2,8-12)5-7-14/h9H,3-7H2,1-2H3,(H2,13,15). The van der Waals surface area contributed by atoms with Crippen LogP contribution in [0.4, 0.5) is 0 Å². The molecule has 0 aromatic rings. The van der Waals surface area contributed by atoms with Crippen LogP contribution in [0.25, 0.3) is 0 Å². The van der Waals surface area contributed by atoms with Crippen molar-refractivity contribution in [2.24, 2.45) is 11.1 Å². The number of primary amides is 1. The Morgan fingerprint density at radius 3 is 2.47 bits per heavy atom. The van der Waals surface area contributed by atoms with E-state index in [1.165, 1.54) is 0 Å². The second kappa shape index (κ2) is 4.63. The van der Waals surface area contributed by atoms with E-state index in [1.807, 2.05) is 13.8 Å². The van der Waals surface area contributed by atoms with E-state index >= 15 is 0 Å². The normalized spacial score (nSPS) is 23.0. The van der Waals surface area contributed by atoms with Gasteiger partial charge in [0.05, 0.1) is 17.5 Å². The number of nitrogens with zero attached hydrogens (tertiary/aromatic N) is 2. The lowest BCUT2D eigenvalue weighted by Gasteiger charge is -2.38. The number of likely N-dealkylation sites (tertiary alicyclic amines) is 1. The highest BCUT2D eigenvalue weighted by Gasteiger charge is 2.33. The van der Waals surface area contributed by atoms with Crippen molar-refractivity contribution < 1.29 is 4.79 Å². The summed E-state index contributed by atoms with van der Waals surface area (Å²) in [6, 6.07) is 2.19. The number of nitriles is 1. The second-order valence-corrected chi connectivity index (χ2v) is 4.53. The minimum Gasteiger partial charge on any atom is -0.368 e. The van der Waals surface area contributed by atoms with Gasteiger partial charge in [0.25, 0.3) is 0 Å². The largest absolute Gasteiger partial charge is 0.368 e. The maximum atomic E-state index is 11.2. The summed E-state index contributed by atoms with van der Waals surface area (Å²) in [7, 11) is 0. The van der Waals surface area contributed by atoms with E-state index in [2.05, 4.69) is 11.0 Å². The van der Waals surface area contributed by atoms with Gasteiger partial charge in [-0.05, 0) is 26.2 Å². The molecular weight excluding hydrogens is 190 g/mol. The predicted molar refractivity (Wildman–Crippen MR) is 57.8 cm³/mol. The molecule has 1 atom stereocenters. The third-order valence-electron chi connectivity index (χ3n) is 3.33. The smallest absolute Gasteiger partial charge is 0.234 e. The number of rotatable bonds is 3. The van der Waals surface area contributed by atoms with Crippen molar-refractivity contribution >= 4 is 5.91 Å². The molecule has 1 heterocycles. The van der Waals surface area contributed by atoms with E-state index in [4.69, 9.17) is 11.0 Å². The van der Waals surface area contributed by atoms with Crippen molar-refractivity contribution in [2.75, 3.05) is 13.1 Å². The Bertz CT molecular complexity index is 274. The number of nitrogens with two attached hydrogens (primary N) is 1. The van der Waals surface area contributed by atoms with Gasteiger partial charge in [0, 0.05) is 13.1 Å². The van der Waals surface area contributed by atoms with E-state index in [-0.39, 0.29) is 17.4 Å². The Hall–Kier alpha value is -1.08. The van der Waals surface area contributed by atoms with Gasteiger partial charge in [-0.3, -0.25) is 9.69 Å². The fourth-order valence-electron chi connectivity index (χ4n) is 2.08. The molecule has 4 heteroatoms. The zero-order valence-corrected chi connectivity index (χ0v) is 9.49. The van der Waals surface area contributed by atoms with Crippen LogP contribution in [0.1, 0.15) is 33.1 Å². The molecule has 1 saturated heterocycles. The summed E-state index contributed by atoms with van der Waals surface area (Å²) in [5, 5.41) is 8.98. The lowest BCUT2D eigenvalue weighted by atomic mass is 9.81. The van der Waals surface area contributed by atoms with Crippen molar-refractivity contribution in [1.82, 2.24) is 4.90 Å². The molecule has 1 aliphatic heterocycles. The number of hydrogen-bond donors (Lipinski definition) is 1. The van der Waals surface area contributed by atoms with Crippen LogP contribution in [0, 0.1) is 16.7 Å². The van der Waals surface area contributed by atoms with E-state index in [1.54, 1.807) is 0 Å². The van der Waals surface area contributed by atoms with Crippen LogP contribution in [0.3, 0.4) is 0 Å². The van der Waals surface area contributed by atoms with Crippen LogP contribution < -0.4 is 5.73 Å². The van der Waals surface area contributed by atoms with Crippen LogP contribution in [0.5, 0.6) is 0 Å². The lowest BCUT2D eigenvalue weighted by molar-refractivity contribution is -0.124. The Balaban J connectivity index is 2.57. The first-order chi connectivity index (χ1) is 7.02. The van der Waals surface area contributed by atoms with Gasteiger partial charge in [0.2, 0.25) is 5.91 Å². The minimum atomic E-state index is -0.252. The summed E-state index contributed by atoms with van der Waals surface area (Å²) in [6.45, 7) is 5.54. The number of piperidine rings is 1. The molecule has 0 aromatic heterocycles. The lowest BCUT2D eigenvalue weighted by Crippen LogP contribution is -2.49. The van der Waals surface area contributed by atoms with Gasteiger partial charge in [0.15, 0.2) is 0 Å². The fourth-order valence-corrected chi connectivity index (χ4v) is 2.08. The van der Waals surface area contributed by atoms with Gasteiger partial charge in [-0.25, -0.2) is 0 Å². The maximum Gasteiger partial charge on any atom is 0.234 e. The highest BCUT2D eigenvalue weighted by atomic mass is 16.1. The van der Waals surface area contributed by atoms with Crippen LogP contribution >= 0.6 is 0 Å². The summed E-state index contributed by atoms with van der Waals surface area (Å²) >= 11 is 0. The summed E-state index contributed by atoms with van der Waals surface area (Å²) in [5.41, 5.74) is 5.12. The highest BCUT2D eigenvalue weighted by molar-refractivity contribution is 5.79. The van der Waals surface area contributed by atoms with Crippen LogP contribution in [0.15, 0.2) is 0 Å². The number of carbonyl (C=O) groups is 1. The van der Waals surface area contributed by atoms with Crippen molar-refractivity contribution in [1.29, 1.82) is 5.26 Å². The summed E-state index contributed by atoms with van der Waals surface area (Å²) in [5.74, 6) is -0.252. The third kappa shape index (κ3) is 2.69. The molecule has 0 bridgehead atoms. The van der Waals surface area contributed by atoms with Gasteiger partial charge < -0.3 is 5.73 Å². The first-order valence-corrected chi connectivity index (χ1v) is 5.47. The highest BCUT2D eigenvalue weighted by Crippen LogP contribution is 2.30. The summed E-state index contributed by atoms with van der Waals surface area (Å²) in [6.07, 6.45) is 2.40. The van der Waals surface area contributed by atoms with E-state index in [0.29, 0.717) is 0 Å². The third-order valence-corrected chi connectivity index (χ3v) is 3.33. The number of amides is 1. The average molecular weight is 209 g/mol. The molecule has 0 spiro atoms. The molecule has 1 amide bonds. The van der Waals surface area contributed by atoms with Crippen LogP contribution in [0.2, 0.25) is 0 Å². The van der Waals surface area contributed by atoms with Crippen LogP contribution in [-0.2, 0) is 4.79 Å². The molecule has 0 radical (unpaired) electrons. The van der Waals surface area contributed by atoms with Gasteiger partial charge in [-0.1, -0.05) is 6.92 Å². The van der Waals surface area contributed by atoms with Crippen molar-refractivity contribution in [3.05, 3.63) is 0 Å². The van der Waals surface area contributed by atoms with Gasteiger partial charge in [0.1, 0.15) is 0 Å². The monoisotopic (exact) mass is 209 g/mol. The summed E-state index contributed by atoms with van der Waals surface area (Å²) in [4.78, 5) is 13.3. The first kappa shape index (κ1) is 12.0. The zero-order valence-electron chi connectivity index (χ0n) is 9.49. The quantitative estimate of drug-likeness (QED) is 0.750. The van der Waals surface area contributed by atoms with Crippen molar-refractivity contribution in [3.8, 4) is 6.07 Å². The molecule has 0 aliphatic carbocycles.